The van der Waals surface area contributed by atoms with Gasteiger partial charge in [0.25, 0.3) is 5.91 Å². The minimum absolute atomic E-state index is 0.0290. The van der Waals surface area contributed by atoms with Crippen LogP contribution >= 0.6 is 0 Å². The zero-order valence-corrected chi connectivity index (χ0v) is 15.7. The number of amides is 1. The number of nitrogens with one attached hydrogen (secondary N) is 1. The molecule has 140 valence electrons. The van der Waals surface area contributed by atoms with Crippen molar-refractivity contribution in [3.8, 4) is 11.5 Å². The number of para-hydroxylation sites is 1. The molecule has 0 saturated heterocycles. The molecule has 1 aromatic heterocycles. The summed E-state index contributed by atoms with van der Waals surface area (Å²) in [5, 5.41) is 3.54. The summed E-state index contributed by atoms with van der Waals surface area (Å²) in [5.74, 6) is 0.702. The second-order valence-electron chi connectivity index (χ2n) is 6.24. The van der Waals surface area contributed by atoms with Crippen LogP contribution in [0.1, 0.15) is 34.5 Å². The van der Waals surface area contributed by atoms with Crippen molar-refractivity contribution in [3.05, 3.63) is 69.6 Å². The van der Waals surface area contributed by atoms with Crippen LogP contribution in [-0.2, 0) is 0 Å². The number of rotatable bonds is 5. The Labute approximate surface area is 156 Å². The maximum absolute atomic E-state index is 12.7. The third-order valence-corrected chi connectivity index (χ3v) is 4.47. The first-order valence-electron chi connectivity index (χ1n) is 8.51. The number of ether oxygens (including phenoxy) is 2. The molecule has 0 aliphatic heterocycles. The van der Waals surface area contributed by atoms with Gasteiger partial charge in [-0.05, 0) is 49.2 Å². The summed E-state index contributed by atoms with van der Waals surface area (Å²) >= 11 is 0. The Bertz CT molecular complexity index is 1050. The SMILES string of the molecule is COc1cc(C)c(C(C)NC(=O)c2cc3ccccc3oc2=O)cc1OC. The van der Waals surface area contributed by atoms with Gasteiger partial charge in [0.15, 0.2) is 11.5 Å². The van der Waals surface area contributed by atoms with Gasteiger partial charge in [0, 0.05) is 5.39 Å². The van der Waals surface area contributed by atoms with Crippen LogP contribution in [0, 0.1) is 6.92 Å². The van der Waals surface area contributed by atoms with Gasteiger partial charge in [0.2, 0.25) is 0 Å². The number of hydrogen-bond acceptors (Lipinski definition) is 5. The predicted octanol–water partition coefficient (Wildman–Crippen LogP) is 3.61. The fourth-order valence-electron chi connectivity index (χ4n) is 3.04. The first-order valence-corrected chi connectivity index (χ1v) is 8.51. The smallest absolute Gasteiger partial charge is 0.349 e. The van der Waals surface area contributed by atoms with Gasteiger partial charge >= 0.3 is 5.63 Å². The van der Waals surface area contributed by atoms with Crippen molar-refractivity contribution in [2.75, 3.05) is 14.2 Å². The quantitative estimate of drug-likeness (QED) is 0.697. The van der Waals surface area contributed by atoms with Crippen LogP contribution < -0.4 is 20.4 Å². The molecular formula is C21H21NO5. The van der Waals surface area contributed by atoms with E-state index < -0.39 is 11.5 Å². The normalized spacial score (nSPS) is 11.9. The third-order valence-electron chi connectivity index (χ3n) is 4.47. The van der Waals surface area contributed by atoms with Crippen molar-refractivity contribution < 1.29 is 18.7 Å². The molecule has 0 radical (unpaired) electrons. The fourth-order valence-corrected chi connectivity index (χ4v) is 3.04. The van der Waals surface area contributed by atoms with Gasteiger partial charge in [-0.15, -0.1) is 0 Å². The standard InChI is InChI=1S/C21H21NO5/c1-12-9-18(25-3)19(26-4)11-15(12)13(2)22-20(23)16-10-14-7-5-6-8-17(14)27-21(16)24/h5-11,13H,1-4H3,(H,22,23). The van der Waals surface area contributed by atoms with Gasteiger partial charge in [-0.25, -0.2) is 4.79 Å². The average Bonchev–Trinajstić information content (AvgIpc) is 2.66. The van der Waals surface area contributed by atoms with Crippen LogP contribution in [0.25, 0.3) is 11.0 Å². The Hall–Kier alpha value is -3.28. The van der Waals surface area contributed by atoms with Crippen LogP contribution in [0.15, 0.2) is 51.7 Å². The lowest BCUT2D eigenvalue weighted by Crippen LogP contribution is -2.30. The van der Waals surface area contributed by atoms with E-state index in [0.29, 0.717) is 22.5 Å². The van der Waals surface area contributed by atoms with Gasteiger partial charge in [0.1, 0.15) is 11.1 Å². The molecule has 2 aromatic carbocycles. The summed E-state index contributed by atoms with van der Waals surface area (Å²) in [6, 6.07) is 11.9. The number of aryl methyl sites for hydroxylation is 1. The van der Waals surface area contributed by atoms with E-state index in [4.69, 9.17) is 13.9 Å². The highest BCUT2D eigenvalue weighted by atomic mass is 16.5. The van der Waals surface area contributed by atoms with Crippen LogP contribution in [0.4, 0.5) is 0 Å². The minimum Gasteiger partial charge on any atom is -0.493 e. The van der Waals surface area contributed by atoms with Gasteiger partial charge in [0.05, 0.1) is 20.3 Å². The second kappa shape index (κ2) is 7.53. The van der Waals surface area contributed by atoms with Crippen molar-refractivity contribution >= 4 is 16.9 Å². The molecule has 0 spiro atoms. The highest BCUT2D eigenvalue weighted by Gasteiger charge is 2.19. The largest absolute Gasteiger partial charge is 0.493 e. The van der Waals surface area contributed by atoms with Gasteiger partial charge in [-0.2, -0.15) is 0 Å². The van der Waals surface area contributed by atoms with E-state index in [9.17, 15) is 9.59 Å². The van der Waals surface area contributed by atoms with E-state index in [1.54, 1.807) is 38.5 Å². The molecule has 1 heterocycles. The number of hydrogen-bond donors (Lipinski definition) is 1. The van der Waals surface area contributed by atoms with Crippen LogP contribution in [0.5, 0.6) is 11.5 Å². The summed E-state index contributed by atoms with van der Waals surface area (Å²) in [5.41, 5.74) is 1.56. The predicted molar refractivity (Wildman–Crippen MR) is 103 cm³/mol. The fraction of sp³-hybridized carbons (Fsp3) is 0.238. The number of fused-ring (bicyclic) bond motifs is 1. The average molecular weight is 367 g/mol. The van der Waals surface area contributed by atoms with Crippen molar-refractivity contribution in [3.63, 3.8) is 0 Å². The molecule has 3 rings (SSSR count). The van der Waals surface area contributed by atoms with E-state index in [0.717, 1.165) is 11.1 Å². The Kier molecular flexibility index (Phi) is 5.16. The van der Waals surface area contributed by atoms with Gasteiger partial charge in [-0.3, -0.25) is 4.79 Å². The molecule has 6 nitrogen and oxygen atoms in total. The molecule has 3 aromatic rings. The lowest BCUT2D eigenvalue weighted by molar-refractivity contribution is 0.0936. The van der Waals surface area contributed by atoms with E-state index >= 15 is 0 Å². The summed E-state index contributed by atoms with van der Waals surface area (Å²) in [6.45, 7) is 3.76. The molecule has 27 heavy (non-hydrogen) atoms. The van der Waals surface area contributed by atoms with Crippen molar-refractivity contribution in [1.29, 1.82) is 0 Å². The number of methoxy groups -OCH3 is 2. The molecule has 1 amide bonds. The molecule has 6 heteroatoms. The van der Waals surface area contributed by atoms with E-state index in [1.165, 1.54) is 0 Å². The summed E-state index contributed by atoms with van der Waals surface area (Å²) in [7, 11) is 3.13. The maximum Gasteiger partial charge on any atom is 0.349 e. The topological polar surface area (TPSA) is 77.8 Å². The Morgan fingerprint density at radius 1 is 1.07 bits per heavy atom. The molecule has 1 N–H and O–H groups in total. The van der Waals surface area contributed by atoms with E-state index in [1.807, 2.05) is 32.0 Å². The summed E-state index contributed by atoms with van der Waals surface area (Å²) in [6.07, 6.45) is 0. The molecule has 1 atom stereocenters. The number of benzene rings is 2. The third kappa shape index (κ3) is 3.65. The zero-order valence-electron chi connectivity index (χ0n) is 15.7. The molecular weight excluding hydrogens is 346 g/mol. The van der Waals surface area contributed by atoms with Crippen molar-refractivity contribution in [2.24, 2.45) is 0 Å². The molecule has 0 aliphatic rings. The molecule has 0 saturated carbocycles. The zero-order chi connectivity index (χ0) is 19.6. The maximum atomic E-state index is 12.7. The first-order chi connectivity index (χ1) is 12.9. The Morgan fingerprint density at radius 3 is 2.44 bits per heavy atom. The van der Waals surface area contributed by atoms with Gasteiger partial charge in [-0.1, -0.05) is 18.2 Å². The van der Waals surface area contributed by atoms with E-state index in [2.05, 4.69) is 5.32 Å². The molecule has 0 aliphatic carbocycles. The summed E-state index contributed by atoms with van der Waals surface area (Å²) < 4.78 is 15.9. The van der Waals surface area contributed by atoms with Gasteiger partial charge < -0.3 is 19.2 Å². The Balaban J connectivity index is 1.90. The molecule has 0 bridgehead atoms. The lowest BCUT2D eigenvalue weighted by Gasteiger charge is -2.19. The van der Waals surface area contributed by atoms with Crippen LogP contribution in [-0.4, -0.2) is 20.1 Å². The highest BCUT2D eigenvalue weighted by Crippen LogP contribution is 2.32. The number of carbonyl (C=O) groups excluding carboxylic acids is 1. The van der Waals surface area contributed by atoms with Crippen LogP contribution in [0.2, 0.25) is 0 Å². The highest BCUT2D eigenvalue weighted by molar-refractivity contribution is 5.96. The Morgan fingerprint density at radius 2 is 1.74 bits per heavy atom. The van der Waals surface area contributed by atoms with E-state index in [-0.39, 0.29) is 11.6 Å². The number of carbonyl (C=O) groups is 1. The molecule has 0 fully saturated rings. The minimum atomic E-state index is -0.664. The second-order valence-corrected chi connectivity index (χ2v) is 6.24. The van der Waals surface area contributed by atoms with Crippen LogP contribution in [0.3, 0.4) is 0 Å². The monoisotopic (exact) mass is 367 g/mol. The lowest BCUT2D eigenvalue weighted by atomic mass is 10.0. The first kappa shape index (κ1) is 18.5. The van der Waals surface area contributed by atoms with Crippen molar-refractivity contribution in [2.45, 2.75) is 19.9 Å². The van der Waals surface area contributed by atoms with Crippen molar-refractivity contribution in [1.82, 2.24) is 5.32 Å². The summed E-state index contributed by atoms with van der Waals surface area (Å²) in [4.78, 5) is 24.8. The molecule has 1 unspecified atom stereocenters.